The number of carboxylic acid groups (broad SMARTS) is 1. The highest BCUT2D eigenvalue weighted by Crippen LogP contribution is 2.27. The maximum Gasteiger partial charge on any atom is 0.345 e. The molecule has 1 aromatic rings. The molecule has 0 saturated heterocycles. The lowest BCUT2D eigenvalue weighted by Crippen LogP contribution is -2.20. The van der Waals surface area contributed by atoms with Crippen molar-refractivity contribution in [3.8, 4) is 11.5 Å². The molecule has 21 heavy (non-hydrogen) atoms. The second kappa shape index (κ2) is 7.33. The van der Waals surface area contributed by atoms with Gasteiger partial charge in [0.05, 0.1) is 13.2 Å². The van der Waals surface area contributed by atoms with Crippen molar-refractivity contribution >= 4 is 18.0 Å². The van der Waals surface area contributed by atoms with E-state index in [0.717, 1.165) is 6.08 Å². The number of hydrogen-bond donors (Lipinski definition) is 2. The first-order valence-electron chi connectivity index (χ1n) is 6.42. The summed E-state index contributed by atoms with van der Waals surface area (Å²) in [5, 5.41) is 18.8. The Morgan fingerprint density at radius 1 is 1.38 bits per heavy atom. The molecule has 1 atom stereocenters. The molecule has 0 amide bonds. The van der Waals surface area contributed by atoms with Gasteiger partial charge in [-0.05, 0) is 37.1 Å². The van der Waals surface area contributed by atoms with Crippen molar-refractivity contribution in [1.82, 2.24) is 0 Å². The Bertz CT molecular complexity index is 561. The summed E-state index contributed by atoms with van der Waals surface area (Å²) in [5.41, 5.74) is -0.147. The molecule has 114 valence electrons. The van der Waals surface area contributed by atoms with E-state index < -0.39 is 17.5 Å². The SMILES string of the molecule is CCC(C)OC(=O)C(=Cc1ccc(OC)c(O)c1)C(=O)O. The molecule has 0 aliphatic heterocycles. The standard InChI is InChI=1S/C15H18O6/c1-4-9(2)21-15(19)11(14(17)18)7-10-5-6-13(20-3)12(16)8-10/h5-9,16H,4H2,1-3H3,(H,17,18). The molecule has 2 N–H and O–H groups in total. The van der Waals surface area contributed by atoms with Crippen molar-refractivity contribution in [3.63, 3.8) is 0 Å². The minimum atomic E-state index is -1.39. The van der Waals surface area contributed by atoms with Gasteiger partial charge in [0.15, 0.2) is 11.5 Å². The molecule has 1 aromatic carbocycles. The van der Waals surface area contributed by atoms with Crippen molar-refractivity contribution < 1.29 is 29.3 Å². The number of esters is 1. The molecule has 0 radical (unpaired) electrons. The Balaban J connectivity index is 3.07. The van der Waals surface area contributed by atoms with Crippen LogP contribution >= 0.6 is 0 Å². The van der Waals surface area contributed by atoms with Gasteiger partial charge in [-0.15, -0.1) is 0 Å². The Kier molecular flexibility index (Phi) is 5.78. The number of phenols is 1. The van der Waals surface area contributed by atoms with Crippen molar-refractivity contribution in [2.24, 2.45) is 0 Å². The summed E-state index contributed by atoms with van der Waals surface area (Å²) in [4.78, 5) is 23.0. The molecule has 6 heteroatoms. The number of hydrogen-bond acceptors (Lipinski definition) is 5. The lowest BCUT2D eigenvalue weighted by Gasteiger charge is -2.11. The van der Waals surface area contributed by atoms with Crippen LogP contribution in [0, 0.1) is 0 Å². The molecule has 0 heterocycles. The Morgan fingerprint density at radius 2 is 2.05 bits per heavy atom. The van der Waals surface area contributed by atoms with Crippen molar-refractivity contribution in [3.05, 3.63) is 29.3 Å². The van der Waals surface area contributed by atoms with Crippen LogP contribution in [0.25, 0.3) is 6.08 Å². The smallest absolute Gasteiger partial charge is 0.345 e. The fraction of sp³-hybridized carbons (Fsp3) is 0.333. The summed E-state index contributed by atoms with van der Waals surface area (Å²) in [5.74, 6) is -2.19. The van der Waals surface area contributed by atoms with Gasteiger partial charge < -0.3 is 19.7 Å². The first-order chi connectivity index (χ1) is 9.88. The minimum absolute atomic E-state index is 0.147. The Hall–Kier alpha value is -2.50. The van der Waals surface area contributed by atoms with Crippen LogP contribution in [0.15, 0.2) is 23.8 Å². The quantitative estimate of drug-likeness (QED) is 0.361. The number of methoxy groups -OCH3 is 1. The average Bonchev–Trinajstić information content (AvgIpc) is 2.44. The van der Waals surface area contributed by atoms with Crippen molar-refractivity contribution in [2.45, 2.75) is 26.4 Å². The van der Waals surface area contributed by atoms with Crippen molar-refractivity contribution in [2.75, 3.05) is 7.11 Å². The highest BCUT2D eigenvalue weighted by molar-refractivity contribution is 6.17. The fourth-order valence-electron chi connectivity index (χ4n) is 1.50. The van der Waals surface area contributed by atoms with Gasteiger partial charge in [0.25, 0.3) is 0 Å². The molecule has 1 unspecified atom stereocenters. The van der Waals surface area contributed by atoms with Gasteiger partial charge in [-0.3, -0.25) is 0 Å². The number of carbonyl (C=O) groups is 2. The maximum absolute atomic E-state index is 11.8. The largest absolute Gasteiger partial charge is 0.504 e. The van der Waals surface area contributed by atoms with Gasteiger partial charge in [-0.25, -0.2) is 9.59 Å². The minimum Gasteiger partial charge on any atom is -0.504 e. The predicted octanol–water partition coefficient (Wildman–Crippen LogP) is 2.21. The lowest BCUT2D eigenvalue weighted by molar-refractivity contribution is -0.147. The molecule has 0 spiro atoms. The van der Waals surface area contributed by atoms with Gasteiger partial charge in [-0.2, -0.15) is 0 Å². The van der Waals surface area contributed by atoms with Crippen LogP contribution in [-0.2, 0) is 14.3 Å². The van der Waals surface area contributed by atoms with E-state index in [0.29, 0.717) is 12.0 Å². The molecule has 0 saturated carbocycles. The predicted molar refractivity (Wildman–Crippen MR) is 76.1 cm³/mol. The van der Waals surface area contributed by atoms with E-state index in [1.165, 1.54) is 25.3 Å². The molecule has 0 aliphatic carbocycles. The van der Waals surface area contributed by atoms with Crippen LogP contribution in [0.2, 0.25) is 0 Å². The third kappa shape index (κ3) is 4.52. The highest BCUT2D eigenvalue weighted by Gasteiger charge is 2.21. The highest BCUT2D eigenvalue weighted by atomic mass is 16.5. The molecule has 0 aromatic heterocycles. The van der Waals surface area contributed by atoms with Crippen LogP contribution in [0.4, 0.5) is 0 Å². The molecule has 1 rings (SSSR count). The number of carbonyl (C=O) groups excluding carboxylic acids is 1. The van der Waals surface area contributed by atoms with Gasteiger partial charge >= 0.3 is 11.9 Å². The van der Waals surface area contributed by atoms with E-state index in [-0.39, 0.29) is 17.6 Å². The number of ether oxygens (including phenoxy) is 2. The topological polar surface area (TPSA) is 93.1 Å². The third-order valence-electron chi connectivity index (χ3n) is 2.85. The Labute approximate surface area is 122 Å². The van der Waals surface area contributed by atoms with E-state index in [2.05, 4.69) is 0 Å². The van der Waals surface area contributed by atoms with Crippen LogP contribution in [0.5, 0.6) is 11.5 Å². The monoisotopic (exact) mass is 294 g/mol. The molecule has 0 bridgehead atoms. The van der Waals surface area contributed by atoms with E-state index >= 15 is 0 Å². The Morgan fingerprint density at radius 3 is 2.52 bits per heavy atom. The number of phenolic OH excluding ortho intramolecular Hbond substituents is 1. The molecule has 6 nitrogen and oxygen atoms in total. The average molecular weight is 294 g/mol. The number of benzene rings is 1. The third-order valence-corrected chi connectivity index (χ3v) is 2.85. The molecular formula is C15H18O6. The number of aliphatic carboxylic acids is 1. The fourth-order valence-corrected chi connectivity index (χ4v) is 1.50. The summed E-state index contributed by atoms with van der Waals surface area (Å²) in [6, 6.07) is 4.30. The van der Waals surface area contributed by atoms with E-state index in [1.54, 1.807) is 6.92 Å². The first kappa shape index (κ1) is 16.6. The number of rotatable bonds is 6. The molecular weight excluding hydrogens is 276 g/mol. The normalized spacial score (nSPS) is 12.6. The van der Waals surface area contributed by atoms with E-state index in [4.69, 9.17) is 14.6 Å². The summed E-state index contributed by atoms with van der Waals surface area (Å²) in [6.45, 7) is 3.50. The van der Waals surface area contributed by atoms with Crippen LogP contribution in [0.3, 0.4) is 0 Å². The van der Waals surface area contributed by atoms with E-state index in [1.807, 2.05) is 6.92 Å². The lowest BCUT2D eigenvalue weighted by atomic mass is 10.1. The first-order valence-corrected chi connectivity index (χ1v) is 6.42. The van der Waals surface area contributed by atoms with E-state index in [9.17, 15) is 14.7 Å². The number of carboxylic acids is 1. The zero-order valence-corrected chi connectivity index (χ0v) is 12.1. The summed E-state index contributed by atoms with van der Waals surface area (Å²) >= 11 is 0. The summed E-state index contributed by atoms with van der Waals surface area (Å²) < 4.78 is 9.88. The number of aromatic hydroxyl groups is 1. The van der Waals surface area contributed by atoms with Gasteiger partial charge in [0.2, 0.25) is 0 Å². The zero-order chi connectivity index (χ0) is 16.0. The zero-order valence-electron chi connectivity index (χ0n) is 12.1. The second-order valence-electron chi connectivity index (χ2n) is 4.42. The van der Waals surface area contributed by atoms with Crippen molar-refractivity contribution in [1.29, 1.82) is 0 Å². The molecule has 0 fully saturated rings. The van der Waals surface area contributed by atoms with Gasteiger partial charge in [0.1, 0.15) is 5.57 Å². The second-order valence-corrected chi connectivity index (χ2v) is 4.42. The van der Waals surface area contributed by atoms with Crippen LogP contribution in [0.1, 0.15) is 25.8 Å². The summed E-state index contributed by atoms with van der Waals surface area (Å²) in [6.07, 6.45) is 1.36. The van der Waals surface area contributed by atoms with Gasteiger partial charge in [0, 0.05) is 0 Å². The maximum atomic E-state index is 11.8. The molecule has 0 aliphatic rings. The van der Waals surface area contributed by atoms with Gasteiger partial charge in [-0.1, -0.05) is 13.0 Å². The van der Waals surface area contributed by atoms with Crippen LogP contribution < -0.4 is 4.74 Å². The summed E-state index contributed by atoms with van der Waals surface area (Å²) in [7, 11) is 1.40. The van der Waals surface area contributed by atoms with Crippen LogP contribution in [-0.4, -0.2) is 35.4 Å².